The van der Waals surface area contributed by atoms with Gasteiger partial charge in [-0.15, -0.1) is 0 Å². The third-order valence-electron chi connectivity index (χ3n) is 3.43. The molecule has 2 aromatic rings. The van der Waals surface area contributed by atoms with Gasteiger partial charge in [0.2, 0.25) is 0 Å². The first-order valence-electron chi connectivity index (χ1n) is 6.49. The van der Waals surface area contributed by atoms with Gasteiger partial charge in [-0.3, -0.25) is 0 Å². The Morgan fingerprint density at radius 3 is 2.53 bits per heavy atom. The maximum atomic E-state index is 13.0. The van der Waals surface area contributed by atoms with E-state index in [2.05, 4.69) is 17.4 Å². The minimum Gasteiger partial charge on any atom is -0.489 e. The Morgan fingerprint density at radius 2 is 1.89 bits per heavy atom. The summed E-state index contributed by atoms with van der Waals surface area (Å²) in [7, 11) is 0. The summed E-state index contributed by atoms with van der Waals surface area (Å²) in [6.45, 7) is 2.51. The highest BCUT2D eigenvalue weighted by Crippen LogP contribution is 2.22. The van der Waals surface area contributed by atoms with Gasteiger partial charge in [0.25, 0.3) is 0 Å². The summed E-state index contributed by atoms with van der Waals surface area (Å²) in [6.07, 6.45) is 0. The molecule has 3 heteroatoms. The molecule has 1 heterocycles. The number of nitrogens with one attached hydrogen (secondary N) is 1. The number of rotatable bonds is 4. The van der Waals surface area contributed by atoms with E-state index in [1.54, 1.807) is 6.07 Å². The van der Waals surface area contributed by atoms with Gasteiger partial charge in [-0.25, -0.2) is 4.39 Å². The van der Waals surface area contributed by atoms with Crippen LogP contribution in [0.4, 0.5) is 4.39 Å². The highest BCUT2D eigenvalue weighted by atomic mass is 19.1. The SMILES string of the molecule is Fc1cccc(COc2ccc(C3CNC3)cc2)c1. The molecule has 0 bridgehead atoms. The van der Waals surface area contributed by atoms with Crippen LogP contribution in [0.1, 0.15) is 17.0 Å². The molecule has 1 saturated heterocycles. The van der Waals surface area contributed by atoms with Gasteiger partial charge >= 0.3 is 0 Å². The molecule has 0 aromatic heterocycles. The minimum absolute atomic E-state index is 0.228. The molecule has 1 fully saturated rings. The van der Waals surface area contributed by atoms with Gasteiger partial charge in [-0.2, -0.15) is 0 Å². The van der Waals surface area contributed by atoms with Crippen LogP contribution in [0, 0.1) is 5.82 Å². The smallest absolute Gasteiger partial charge is 0.123 e. The van der Waals surface area contributed by atoms with E-state index in [1.807, 2.05) is 18.2 Å². The second kappa shape index (κ2) is 5.41. The quantitative estimate of drug-likeness (QED) is 0.908. The largest absolute Gasteiger partial charge is 0.489 e. The molecule has 2 aromatic carbocycles. The first-order chi connectivity index (χ1) is 9.31. The van der Waals surface area contributed by atoms with Crippen molar-refractivity contribution in [3.05, 3.63) is 65.5 Å². The zero-order valence-electron chi connectivity index (χ0n) is 10.6. The van der Waals surface area contributed by atoms with Crippen LogP contribution in [-0.4, -0.2) is 13.1 Å². The van der Waals surface area contributed by atoms with E-state index >= 15 is 0 Å². The Bertz CT molecular complexity index is 549. The van der Waals surface area contributed by atoms with Crippen LogP contribution >= 0.6 is 0 Å². The van der Waals surface area contributed by atoms with E-state index in [-0.39, 0.29) is 5.82 Å². The summed E-state index contributed by atoms with van der Waals surface area (Å²) in [4.78, 5) is 0. The molecule has 1 aliphatic heterocycles. The van der Waals surface area contributed by atoms with Gasteiger partial charge in [0.05, 0.1) is 0 Å². The van der Waals surface area contributed by atoms with Gasteiger partial charge in [-0.1, -0.05) is 24.3 Å². The lowest BCUT2D eigenvalue weighted by Gasteiger charge is -2.27. The summed E-state index contributed by atoms with van der Waals surface area (Å²) in [5, 5.41) is 3.26. The molecule has 2 nitrogen and oxygen atoms in total. The van der Waals surface area contributed by atoms with Crippen molar-refractivity contribution < 1.29 is 9.13 Å². The molecular weight excluding hydrogens is 241 g/mol. The van der Waals surface area contributed by atoms with Gasteiger partial charge in [0.1, 0.15) is 18.2 Å². The van der Waals surface area contributed by atoms with Gasteiger partial charge in [-0.05, 0) is 35.4 Å². The molecule has 0 spiro atoms. The Balaban J connectivity index is 1.60. The lowest BCUT2D eigenvalue weighted by Crippen LogP contribution is -2.39. The molecule has 98 valence electrons. The molecule has 0 aliphatic carbocycles. The number of halogens is 1. The molecule has 0 radical (unpaired) electrons. The van der Waals surface area contributed by atoms with Crippen molar-refractivity contribution in [2.24, 2.45) is 0 Å². The summed E-state index contributed by atoms with van der Waals surface area (Å²) >= 11 is 0. The van der Waals surface area contributed by atoms with Crippen molar-refractivity contribution in [3.63, 3.8) is 0 Å². The van der Waals surface area contributed by atoms with E-state index in [0.29, 0.717) is 12.5 Å². The lowest BCUT2D eigenvalue weighted by atomic mass is 9.94. The standard InChI is InChI=1S/C16H16FNO/c17-15-3-1-2-12(8-15)11-19-16-6-4-13(5-7-16)14-9-18-10-14/h1-8,14,18H,9-11H2. The van der Waals surface area contributed by atoms with Gasteiger partial charge in [0.15, 0.2) is 0 Å². The lowest BCUT2D eigenvalue weighted by molar-refractivity contribution is 0.305. The highest BCUT2D eigenvalue weighted by Gasteiger charge is 2.18. The van der Waals surface area contributed by atoms with Crippen molar-refractivity contribution in [2.75, 3.05) is 13.1 Å². The fraction of sp³-hybridized carbons (Fsp3) is 0.250. The first kappa shape index (κ1) is 12.2. The molecule has 1 N–H and O–H groups in total. The predicted molar refractivity (Wildman–Crippen MR) is 72.8 cm³/mol. The minimum atomic E-state index is -0.228. The van der Waals surface area contributed by atoms with Crippen molar-refractivity contribution in [2.45, 2.75) is 12.5 Å². The molecule has 1 aliphatic rings. The third-order valence-corrected chi connectivity index (χ3v) is 3.43. The number of hydrogen-bond donors (Lipinski definition) is 1. The maximum Gasteiger partial charge on any atom is 0.123 e. The van der Waals surface area contributed by atoms with Crippen molar-refractivity contribution >= 4 is 0 Å². The zero-order chi connectivity index (χ0) is 13.1. The summed E-state index contributed by atoms with van der Waals surface area (Å²) < 4.78 is 18.7. The summed E-state index contributed by atoms with van der Waals surface area (Å²) in [5.74, 6) is 1.23. The van der Waals surface area contributed by atoms with Crippen molar-refractivity contribution in [3.8, 4) is 5.75 Å². The average Bonchev–Trinajstić information content (AvgIpc) is 2.36. The summed E-state index contributed by atoms with van der Waals surface area (Å²) in [5.41, 5.74) is 2.18. The van der Waals surface area contributed by atoms with Crippen LogP contribution in [0.2, 0.25) is 0 Å². The Kier molecular flexibility index (Phi) is 3.47. The molecule has 3 rings (SSSR count). The van der Waals surface area contributed by atoms with Crippen LogP contribution in [0.3, 0.4) is 0 Å². The van der Waals surface area contributed by atoms with Gasteiger partial charge < -0.3 is 10.1 Å². The second-order valence-electron chi connectivity index (χ2n) is 4.84. The molecular formula is C16H16FNO. The molecule has 0 unspecified atom stereocenters. The van der Waals surface area contributed by atoms with Crippen molar-refractivity contribution in [1.29, 1.82) is 0 Å². The Morgan fingerprint density at radius 1 is 1.11 bits per heavy atom. The highest BCUT2D eigenvalue weighted by molar-refractivity contribution is 5.31. The number of ether oxygens (including phenoxy) is 1. The normalized spacial score (nSPS) is 15.0. The summed E-state index contributed by atoms with van der Waals surface area (Å²) in [6, 6.07) is 14.6. The molecule has 19 heavy (non-hydrogen) atoms. The van der Waals surface area contributed by atoms with Gasteiger partial charge in [0, 0.05) is 19.0 Å². The van der Waals surface area contributed by atoms with Crippen LogP contribution in [-0.2, 0) is 6.61 Å². The second-order valence-corrected chi connectivity index (χ2v) is 4.84. The first-order valence-corrected chi connectivity index (χ1v) is 6.49. The fourth-order valence-electron chi connectivity index (χ4n) is 2.15. The topological polar surface area (TPSA) is 21.3 Å². The zero-order valence-corrected chi connectivity index (χ0v) is 10.6. The monoisotopic (exact) mass is 257 g/mol. The Hall–Kier alpha value is -1.87. The third kappa shape index (κ3) is 2.93. The molecule has 0 amide bonds. The molecule has 0 atom stereocenters. The number of benzene rings is 2. The fourth-order valence-corrected chi connectivity index (χ4v) is 2.15. The van der Waals surface area contributed by atoms with Crippen molar-refractivity contribution in [1.82, 2.24) is 5.32 Å². The van der Waals surface area contributed by atoms with E-state index in [4.69, 9.17) is 4.74 Å². The van der Waals surface area contributed by atoms with E-state index < -0.39 is 0 Å². The van der Waals surface area contributed by atoms with Crippen LogP contribution in [0.5, 0.6) is 5.75 Å². The molecule has 0 saturated carbocycles. The van der Waals surface area contributed by atoms with E-state index in [9.17, 15) is 4.39 Å². The average molecular weight is 257 g/mol. The maximum absolute atomic E-state index is 13.0. The van der Waals surface area contributed by atoms with Crippen LogP contribution in [0.25, 0.3) is 0 Å². The van der Waals surface area contributed by atoms with Crippen LogP contribution in [0.15, 0.2) is 48.5 Å². The number of hydrogen-bond acceptors (Lipinski definition) is 2. The van der Waals surface area contributed by atoms with Crippen LogP contribution < -0.4 is 10.1 Å². The van der Waals surface area contributed by atoms with E-state index in [1.165, 1.54) is 17.7 Å². The predicted octanol–water partition coefficient (Wildman–Crippen LogP) is 3.09. The Labute approximate surface area is 112 Å². The van der Waals surface area contributed by atoms with E-state index in [0.717, 1.165) is 24.4 Å².